The van der Waals surface area contributed by atoms with E-state index in [2.05, 4.69) is 22.5 Å². The number of aliphatic hydroxyl groups is 3. The zero-order valence-corrected chi connectivity index (χ0v) is 20.8. The van der Waals surface area contributed by atoms with Crippen molar-refractivity contribution in [3.05, 3.63) is 23.7 Å². The summed E-state index contributed by atoms with van der Waals surface area (Å²) in [6, 6.07) is 1.84. The first kappa shape index (κ1) is 23.0. The summed E-state index contributed by atoms with van der Waals surface area (Å²) in [7, 11) is 0. The molecule has 6 rings (SSSR count). The topological polar surface area (TPSA) is 136 Å². The van der Waals surface area contributed by atoms with Gasteiger partial charge in [0.05, 0.1) is 33.8 Å². The maximum absolute atomic E-state index is 10.7. The van der Waals surface area contributed by atoms with Gasteiger partial charge in [-0.15, -0.1) is 11.3 Å². The minimum atomic E-state index is -1.00. The molecule has 3 aromatic rings. The summed E-state index contributed by atoms with van der Waals surface area (Å²) in [5.74, 6) is 1.88. The van der Waals surface area contributed by atoms with Gasteiger partial charge < -0.3 is 26.0 Å². The molecule has 0 radical (unpaired) electrons. The second-order valence-corrected chi connectivity index (χ2v) is 11.4. The lowest BCUT2D eigenvalue weighted by molar-refractivity contribution is 0.00446. The predicted octanol–water partition coefficient (Wildman–Crippen LogP) is 3.06. The van der Waals surface area contributed by atoms with Crippen LogP contribution in [0.4, 0.5) is 11.8 Å². The van der Waals surface area contributed by atoms with Crippen molar-refractivity contribution in [3.63, 3.8) is 0 Å². The van der Waals surface area contributed by atoms with Crippen LogP contribution in [0.25, 0.3) is 20.8 Å². The number of rotatable bonds is 8. The second-order valence-electron chi connectivity index (χ2n) is 10.4. The Morgan fingerprint density at radius 2 is 1.91 bits per heavy atom. The van der Waals surface area contributed by atoms with Gasteiger partial charge in [-0.25, -0.2) is 9.97 Å². The number of nitrogens with one attached hydrogen (secondary N) is 2. The van der Waals surface area contributed by atoms with E-state index in [0.29, 0.717) is 30.0 Å². The lowest BCUT2D eigenvalue weighted by Gasteiger charge is -2.22. The fourth-order valence-electron chi connectivity index (χ4n) is 5.18. The maximum Gasteiger partial charge on any atom is 0.225 e. The number of fused-ring (bicyclic) bond motifs is 1. The standard InChI is InChI=1S/C25H32N6O3S/c1-11(13-3-4-13)27-25-28-12(2)18(23(31-25)29-16-9-15(10-32)21(33)22(16)34)24-30-20-17(35-24)7-8-26-19(20)14-5-6-14/h7-8,11,13-16,21-22,32-34H,3-6,9-10H2,1-2H3,(H2,27,28,29,31)/t11-,15-,16-,21-,22+/m1/s1. The van der Waals surface area contributed by atoms with E-state index in [-0.39, 0.29) is 18.6 Å². The van der Waals surface area contributed by atoms with Crippen molar-refractivity contribution in [2.45, 2.75) is 76.2 Å². The molecule has 0 saturated heterocycles. The monoisotopic (exact) mass is 496 g/mol. The number of thiazole rings is 1. The molecule has 0 aromatic carbocycles. The van der Waals surface area contributed by atoms with Crippen LogP contribution in [0.1, 0.15) is 56.3 Å². The molecule has 10 heteroatoms. The molecule has 0 unspecified atom stereocenters. The van der Waals surface area contributed by atoms with E-state index in [4.69, 9.17) is 15.0 Å². The lowest BCUT2D eigenvalue weighted by atomic mass is 10.1. The van der Waals surface area contributed by atoms with E-state index in [1.54, 1.807) is 11.3 Å². The van der Waals surface area contributed by atoms with Crippen molar-refractivity contribution in [3.8, 4) is 10.6 Å². The molecule has 0 spiro atoms. The van der Waals surface area contributed by atoms with Gasteiger partial charge in [-0.05, 0) is 57.9 Å². The Kier molecular flexibility index (Phi) is 5.87. The van der Waals surface area contributed by atoms with Crippen LogP contribution in [0.2, 0.25) is 0 Å². The van der Waals surface area contributed by atoms with Gasteiger partial charge in [-0.2, -0.15) is 4.98 Å². The summed E-state index contributed by atoms with van der Waals surface area (Å²) in [6.45, 7) is 3.94. The van der Waals surface area contributed by atoms with Crippen molar-refractivity contribution < 1.29 is 15.3 Å². The third-order valence-electron chi connectivity index (χ3n) is 7.65. The summed E-state index contributed by atoms with van der Waals surface area (Å²) in [5, 5.41) is 38.3. The minimum Gasteiger partial charge on any atom is -0.396 e. The van der Waals surface area contributed by atoms with E-state index in [0.717, 1.165) is 45.0 Å². The van der Waals surface area contributed by atoms with Gasteiger partial charge in [-0.3, -0.25) is 4.98 Å². The molecule has 0 bridgehead atoms. The Hall–Kier alpha value is -2.40. The zero-order valence-electron chi connectivity index (χ0n) is 20.0. The summed E-state index contributed by atoms with van der Waals surface area (Å²) >= 11 is 1.59. The largest absolute Gasteiger partial charge is 0.396 e. The molecule has 3 saturated carbocycles. The third-order valence-corrected chi connectivity index (χ3v) is 8.69. The van der Waals surface area contributed by atoms with Crippen molar-refractivity contribution in [1.82, 2.24) is 19.9 Å². The average molecular weight is 497 g/mol. The van der Waals surface area contributed by atoms with Gasteiger partial charge >= 0.3 is 0 Å². The molecule has 3 fully saturated rings. The van der Waals surface area contributed by atoms with Crippen LogP contribution >= 0.6 is 11.3 Å². The number of pyridine rings is 1. The number of nitrogens with zero attached hydrogens (tertiary/aromatic N) is 4. The number of aryl methyl sites for hydroxylation is 1. The number of anilines is 2. The molecule has 186 valence electrons. The Morgan fingerprint density at radius 3 is 2.60 bits per heavy atom. The van der Waals surface area contributed by atoms with Crippen LogP contribution in [-0.4, -0.2) is 66.2 Å². The van der Waals surface area contributed by atoms with E-state index in [1.807, 2.05) is 19.2 Å². The highest BCUT2D eigenvalue weighted by Crippen LogP contribution is 2.44. The number of aliphatic hydroxyl groups excluding tert-OH is 3. The van der Waals surface area contributed by atoms with Crippen LogP contribution in [0, 0.1) is 18.8 Å². The first-order valence-electron chi connectivity index (χ1n) is 12.6. The smallest absolute Gasteiger partial charge is 0.225 e. The van der Waals surface area contributed by atoms with E-state index < -0.39 is 18.2 Å². The Labute approximate surface area is 208 Å². The molecule has 5 atom stereocenters. The zero-order chi connectivity index (χ0) is 24.3. The number of hydrogen-bond acceptors (Lipinski definition) is 10. The van der Waals surface area contributed by atoms with Crippen molar-refractivity contribution in [2.24, 2.45) is 11.8 Å². The van der Waals surface area contributed by atoms with Crippen molar-refractivity contribution >= 4 is 33.3 Å². The van der Waals surface area contributed by atoms with Gasteiger partial charge in [0.1, 0.15) is 22.4 Å². The molecule has 3 aliphatic rings. The Morgan fingerprint density at radius 1 is 1.11 bits per heavy atom. The van der Waals surface area contributed by atoms with Crippen LogP contribution in [0.5, 0.6) is 0 Å². The van der Waals surface area contributed by atoms with Crippen molar-refractivity contribution in [1.29, 1.82) is 0 Å². The Balaban J connectivity index is 1.40. The fraction of sp³-hybridized carbons (Fsp3) is 0.600. The second kappa shape index (κ2) is 8.92. The molecule has 0 amide bonds. The summed E-state index contributed by atoms with van der Waals surface area (Å²) in [5.41, 5.74) is 3.60. The normalized spacial score (nSPS) is 27.3. The third kappa shape index (κ3) is 4.37. The maximum atomic E-state index is 10.7. The van der Waals surface area contributed by atoms with Gasteiger partial charge in [0.15, 0.2) is 0 Å². The molecule has 3 aliphatic carbocycles. The molecular weight excluding hydrogens is 464 g/mol. The SMILES string of the molecule is Cc1nc(N[C@H](C)C2CC2)nc(N[C@@H]2C[C@H](CO)[C@@H](O)[C@H]2O)c1-c1nc2c(C3CC3)nccc2s1. The first-order chi connectivity index (χ1) is 16.9. The average Bonchev–Trinajstić information content (AvgIpc) is 3.76. The first-order valence-corrected chi connectivity index (χ1v) is 13.4. The van der Waals surface area contributed by atoms with Crippen LogP contribution in [-0.2, 0) is 0 Å². The predicted molar refractivity (Wildman–Crippen MR) is 136 cm³/mol. The molecule has 9 nitrogen and oxygen atoms in total. The Bertz CT molecular complexity index is 1240. The highest BCUT2D eigenvalue weighted by atomic mass is 32.1. The van der Waals surface area contributed by atoms with Crippen molar-refractivity contribution in [2.75, 3.05) is 17.2 Å². The summed E-state index contributed by atoms with van der Waals surface area (Å²) in [6.07, 6.45) is 5.06. The highest BCUT2D eigenvalue weighted by Gasteiger charge is 2.42. The summed E-state index contributed by atoms with van der Waals surface area (Å²) in [4.78, 5) is 19.2. The van der Waals surface area contributed by atoms with Crippen LogP contribution < -0.4 is 10.6 Å². The minimum absolute atomic E-state index is 0.174. The molecule has 0 aliphatic heterocycles. The molecule has 5 N–H and O–H groups in total. The number of aromatic nitrogens is 4. The molecular formula is C25H32N6O3S. The fourth-order valence-corrected chi connectivity index (χ4v) is 6.24. The van der Waals surface area contributed by atoms with Gasteiger partial charge in [0.25, 0.3) is 0 Å². The van der Waals surface area contributed by atoms with Gasteiger partial charge in [0.2, 0.25) is 5.95 Å². The quantitative estimate of drug-likeness (QED) is 0.319. The molecule has 35 heavy (non-hydrogen) atoms. The van der Waals surface area contributed by atoms with Crippen LogP contribution in [0.15, 0.2) is 12.3 Å². The van der Waals surface area contributed by atoms with E-state index in [9.17, 15) is 15.3 Å². The van der Waals surface area contributed by atoms with Crippen LogP contribution in [0.3, 0.4) is 0 Å². The highest BCUT2D eigenvalue weighted by molar-refractivity contribution is 7.21. The molecule has 3 aromatic heterocycles. The van der Waals surface area contributed by atoms with E-state index >= 15 is 0 Å². The van der Waals surface area contributed by atoms with Gasteiger partial charge in [0, 0.05) is 30.7 Å². The molecule has 3 heterocycles. The van der Waals surface area contributed by atoms with Gasteiger partial charge in [-0.1, -0.05) is 0 Å². The van der Waals surface area contributed by atoms with E-state index in [1.165, 1.54) is 12.8 Å². The summed E-state index contributed by atoms with van der Waals surface area (Å²) < 4.78 is 1.09. The lowest BCUT2D eigenvalue weighted by Crippen LogP contribution is -2.36. The number of hydrogen-bond donors (Lipinski definition) is 5.